The van der Waals surface area contributed by atoms with Crippen LogP contribution in [0.4, 0.5) is 0 Å². The van der Waals surface area contributed by atoms with Gasteiger partial charge in [0.1, 0.15) is 5.75 Å². The van der Waals surface area contributed by atoms with E-state index in [4.69, 9.17) is 9.84 Å². The van der Waals surface area contributed by atoms with Crippen LogP contribution in [-0.2, 0) is 9.59 Å². The maximum atomic E-state index is 12.0. The van der Waals surface area contributed by atoms with Gasteiger partial charge in [-0.25, -0.2) is 0 Å². The number of benzene rings is 1. The van der Waals surface area contributed by atoms with E-state index in [1.54, 1.807) is 19.1 Å². The number of hydrogen-bond donors (Lipinski definition) is 2. The number of carboxylic acids is 1. The fourth-order valence-corrected chi connectivity index (χ4v) is 2.16. The average Bonchev–Trinajstić information content (AvgIpc) is 2.90. The summed E-state index contributed by atoms with van der Waals surface area (Å²) in [5.74, 6) is -1.01. The van der Waals surface area contributed by atoms with Crippen LogP contribution in [0.15, 0.2) is 36.4 Å². The van der Waals surface area contributed by atoms with E-state index in [0.29, 0.717) is 12.2 Å². The number of amides is 1. The van der Waals surface area contributed by atoms with Crippen molar-refractivity contribution in [3.63, 3.8) is 0 Å². The van der Waals surface area contributed by atoms with Crippen LogP contribution in [0.3, 0.4) is 0 Å². The van der Waals surface area contributed by atoms with Crippen LogP contribution in [0.5, 0.6) is 5.75 Å². The predicted octanol–water partition coefficient (Wildman–Crippen LogP) is 1.91. The molecule has 0 spiro atoms. The van der Waals surface area contributed by atoms with Gasteiger partial charge >= 0.3 is 5.97 Å². The number of carbonyl (C=O) groups is 2. The summed E-state index contributed by atoms with van der Waals surface area (Å²) in [6.45, 7) is 3.65. The van der Waals surface area contributed by atoms with E-state index >= 15 is 0 Å². The first-order chi connectivity index (χ1) is 9.95. The second-order valence-corrected chi connectivity index (χ2v) is 5.25. The van der Waals surface area contributed by atoms with Gasteiger partial charge in [0.15, 0.2) is 6.10 Å². The number of carboxylic acid groups (broad SMARTS) is 1. The SMILES string of the molecule is Cc1ccc(OC(C)C(=O)NC2C=CC(C(=O)O)C2)cc1. The maximum Gasteiger partial charge on any atom is 0.310 e. The Labute approximate surface area is 123 Å². The van der Waals surface area contributed by atoms with Gasteiger partial charge in [0.05, 0.1) is 5.92 Å². The molecule has 2 N–H and O–H groups in total. The maximum absolute atomic E-state index is 12.0. The number of nitrogens with one attached hydrogen (secondary N) is 1. The van der Waals surface area contributed by atoms with Gasteiger partial charge in [0, 0.05) is 6.04 Å². The summed E-state index contributed by atoms with van der Waals surface area (Å²) >= 11 is 0. The zero-order chi connectivity index (χ0) is 15.4. The number of aliphatic carboxylic acids is 1. The molecule has 0 saturated carbocycles. The summed E-state index contributed by atoms with van der Waals surface area (Å²) in [5, 5.41) is 11.7. The molecule has 0 aromatic heterocycles. The standard InChI is InChI=1S/C16H19NO4/c1-10-3-7-14(8-4-10)21-11(2)15(18)17-13-6-5-12(9-13)16(19)20/h3-8,11-13H,9H2,1-2H3,(H,17,18)(H,19,20). The van der Waals surface area contributed by atoms with E-state index in [1.165, 1.54) is 0 Å². The first-order valence-electron chi connectivity index (χ1n) is 6.90. The van der Waals surface area contributed by atoms with Crippen molar-refractivity contribution in [1.29, 1.82) is 0 Å². The third-order valence-corrected chi connectivity index (χ3v) is 3.43. The second kappa shape index (κ2) is 6.43. The van der Waals surface area contributed by atoms with Crippen LogP contribution in [0.25, 0.3) is 0 Å². The summed E-state index contributed by atoms with van der Waals surface area (Å²) in [6, 6.07) is 7.21. The summed E-state index contributed by atoms with van der Waals surface area (Å²) in [5.41, 5.74) is 1.12. The number of hydrogen-bond acceptors (Lipinski definition) is 3. The Morgan fingerprint density at radius 3 is 2.52 bits per heavy atom. The fourth-order valence-electron chi connectivity index (χ4n) is 2.16. The summed E-state index contributed by atoms with van der Waals surface area (Å²) in [4.78, 5) is 22.9. The number of aryl methyl sites for hydroxylation is 1. The molecule has 1 aromatic carbocycles. The molecule has 0 aliphatic heterocycles. The molecule has 0 radical (unpaired) electrons. The van der Waals surface area contributed by atoms with Gasteiger partial charge in [-0.3, -0.25) is 9.59 Å². The van der Waals surface area contributed by atoms with Gasteiger partial charge in [0.25, 0.3) is 5.91 Å². The third kappa shape index (κ3) is 4.08. The molecule has 1 aliphatic carbocycles. The van der Waals surface area contributed by atoms with Gasteiger partial charge < -0.3 is 15.2 Å². The minimum Gasteiger partial charge on any atom is -0.481 e. The van der Waals surface area contributed by atoms with Gasteiger partial charge in [0.2, 0.25) is 0 Å². The lowest BCUT2D eigenvalue weighted by Gasteiger charge is -2.18. The quantitative estimate of drug-likeness (QED) is 0.812. The van der Waals surface area contributed by atoms with Crippen molar-refractivity contribution in [2.45, 2.75) is 32.4 Å². The zero-order valence-electron chi connectivity index (χ0n) is 12.1. The number of carbonyl (C=O) groups excluding carboxylic acids is 1. The van der Waals surface area contributed by atoms with Crippen molar-refractivity contribution in [3.05, 3.63) is 42.0 Å². The second-order valence-electron chi connectivity index (χ2n) is 5.25. The molecule has 0 bridgehead atoms. The topological polar surface area (TPSA) is 75.6 Å². The van der Waals surface area contributed by atoms with Crippen molar-refractivity contribution in [1.82, 2.24) is 5.32 Å². The Balaban J connectivity index is 1.85. The van der Waals surface area contributed by atoms with Crippen molar-refractivity contribution < 1.29 is 19.4 Å². The molecule has 0 saturated heterocycles. The van der Waals surface area contributed by atoms with Crippen LogP contribution in [-0.4, -0.2) is 29.1 Å². The van der Waals surface area contributed by atoms with Gasteiger partial charge in [-0.1, -0.05) is 29.8 Å². The Morgan fingerprint density at radius 1 is 1.29 bits per heavy atom. The molecule has 1 amide bonds. The van der Waals surface area contributed by atoms with Crippen LogP contribution >= 0.6 is 0 Å². The van der Waals surface area contributed by atoms with Crippen LogP contribution in [0.1, 0.15) is 18.9 Å². The lowest BCUT2D eigenvalue weighted by molar-refractivity contribution is -0.140. The molecular weight excluding hydrogens is 270 g/mol. The van der Waals surface area contributed by atoms with Gasteiger partial charge in [-0.2, -0.15) is 0 Å². The molecule has 21 heavy (non-hydrogen) atoms. The first-order valence-corrected chi connectivity index (χ1v) is 6.90. The third-order valence-electron chi connectivity index (χ3n) is 3.43. The summed E-state index contributed by atoms with van der Waals surface area (Å²) < 4.78 is 5.56. The van der Waals surface area contributed by atoms with Crippen molar-refractivity contribution in [2.75, 3.05) is 0 Å². The fraction of sp³-hybridized carbons (Fsp3) is 0.375. The normalized spacial score (nSPS) is 21.8. The van der Waals surface area contributed by atoms with Crippen molar-refractivity contribution in [3.8, 4) is 5.75 Å². The van der Waals surface area contributed by atoms with Crippen LogP contribution in [0, 0.1) is 12.8 Å². The van der Waals surface area contributed by atoms with E-state index in [2.05, 4.69) is 5.32 Å². The Hall–Kier alpha value is -2.30. The van der Waals surface area contributed by atoms with E-state index < -0.39 is 18.0 Å². The van der Waals surface area contributed by atoms with Gasteiger partial charge in [-0.05, 0) is 32.4 Å². The highest BCUT2D eigenvalue weighted by atomic mass is 16.5. The Morgan fingerprint density at radius 2 is 1.95 bits per heavy atom. The smallest absolute Gasteiger partial charge is 0.310 e. The van der Waals surface area contributed by atoms with E-state index in [0.717, 1.165) is 5.56 Å². The molecule has 112 valence electrons. The summed E-state index contributed by atoms with van der Waals surface area (Å²) in [7, 11) is 0. The van der Waals surface area contributed by atoms with E-state index in [-0.39, 0.29) is 11.9 Å². The largest absolute Gasteiger partial charge is 0.481 e. The van der Waals surface area contributed by atoms with Gasteiger partial charge in [-0.15, -0.1) is 0 Å². The van der Waals surface area contributed by atoms with Crippen LogP contribution in [0.2, 0.25) is 0 Å². The number of ether oxygens (including phenoxy) is 1. The molecule has 2 rings (SSSR count). The molecule has 1 aromatic rings. The lowest BCUT2D eigenvalue weighted by atomic mass is 10.1. The highest BCUT2D eigenvalue weighted by molar-refractivity contribution is 5.81. The lowest BCUT2D eigenvalue weighted by Crippen LogP contribution is -2.41. The molecular formula is C16H19NO4. The molecule has 3 unspecified atom stereocenters. The van der Waals surface area contributed by atoms with E-state index in [9.17, 15) is 9.59 Å². The minimum atomic E-state index is -0.869. The molecule has 3 atom stereocenters. The Kier molecular flexibility index (Phi) is 4.62. The summed E-state index contributed by atoms with van der Waals surface area (Å²) in [6.07, 6.45) is 3.08. The monoisotopic (exact) mass is 289 g/mol. The average molecular weight is 289 g/mol. The molecule has 5 nitrogen and oxygen atoms in total. The minimum absolute atomic E-state index is 0.248. The van der Waals surface area contributed by atoms with Crippen molar-refractivity contribution >= 4 is 11.9 Å². The molecule has 1 aliphatic rings. The Bertz CT molecular complexity index is 550. The van der Waals surface area contributed by atoms with Crippen molar-refractivity contribution in [2.24, 2.45) is 5.92 Å². The predicted molar refractivity (Wildman–Crippen MR) is 78.1 cm³/mol. The number of rotatable bonds is 5. The molecule has 5 heteroatoms. The highest BCUT2D eigenvalue weighted by Crippen LogP contribution is 2.18. The first kappa shape index (κ1) is 15.1. The van der Waals surface area contributed by atoms with E-state index in [1.807, 2.05) is 31.2 Å². The van der Waals surface area contributed by atoms with Crippen LogP contribution < -0.4 is 10.1 Å². The molecule has 0 fully saturated rings. The zero-order valence-corrected chi connectivity index (χ0v) is 12.1. The highest BCUT2D eigenvalue weighted by Gasteiger charge is 2.27. The molecule has 0 heterocycles.